The average molecular weight is 375 g/mol. The van der Waals surface area contributed by atoms with Crippen molar-refractivity contribution in [2.75, 3.05) is 29.9 Å². The molecule has 0 spiro atoms. The third-order valence-electron chi connectivity index (χ3n) is 3.90. The Morgan fingerprint density at radius 3 is 2.48 bits per heavy atom. The Kier molecular flexibility index (Phi) is 7.51. The predicted octanol–water partition coefficient (Wildman–Crippen LogP) is 3.20. The molecule has 1 N–H and O–H groups in total. The number of imidazole rings is 1. The summed E-state index contributed by atoms with van der Waals surface area (Å²) < 4.78 is 1.97. The molecule has 0 aromatic carbocycles. The normalized spacial score (nSPS) is 11.2. The van der Waals surface area contributed by atoms with Crippen LogP contribution in [0, 0.1) is 22.0 Å². The SMILES string of the molecule is CC(C)CN(CC(C)C)c1ncnc(NCCCn2ccnc2)c1[N+](=O)[O-]. The summed E-state index contributed by atoms with van der Waals surface area (Å²) in [6, 6.07) is 0. The highest BCUT2D eigenvalue weighted by molar-refractivity contribution is 5.70. The van der Waals surface area contributed by atoms with E-state index in [2.05, 4.69) is 48.0 Å². The van der Waals surface area contributed by atoms with Crippen molar-refractivity contribution in [3.05, 3.63) is 35.2 Å². The lowest BCUT2D eigenvalue weighted by atomic mass is 10.1. The first kappa shape index (κ1) is 20.6. The fourth-order valence-electron chi connectivity index (χ4n) is 2.91. The second kappa shape index (κ2) is 9.84. The van der Waals surface area contributed by atoms with Crippen molar-refractivity contribution >= 4 is 17.3 Å². The number of aryl methyl sites for hydroxylation is 1. The first-order valence-electron chi connectivity index (χ1n) is 9.32. The van der Waals surface area contributed by atoms with E-state index in [0.29, 0.717) is 37.3 Å². The molecule has 2 heterocycles. The van der Waals surface area contributed by atoms with Crippen molar-refractivity contribution < 1.29 is 4.92 Å². The summed E-state index contributed by atoms with van der Waals surface area (Å²) in [7, 11) is 0. The topological polar surface area (TPSA) is 102 Å². The Morgan fingerprint density at radius 2 is 1.93 bits per heavy atom. The number of rotatable bonds is 11. The minimum atomic E-state index is -0.388. The zero-order valence-corrected chi connectivity index (χ0v) is 16.5. The highest BCUT2D eigenvalue weighted by atomic mass is 16.6. The van der Waals surface area contributed by atoms with Crippen LogP contribution in [0.15, 0.2) is 25.0 Å². The van der Waals surface area contributed by atoms with Gasteiger partial charge in [0.15, 0.2) is 0 Å². The van der Waals surface area contributed by atoms with Gasteiger partial charge in [-0.05, 0) is 18.3 Å². The van der Waals surface area contributed by atoms with Gasteiger partial charge in [0.1, 0.15) is 6.33 Å². The van der Waals surface area contributed by atoms with E-state index >= 15 is 0 Å². The Morgan fingerprint density at radius 1 is 1.22 bits per heavy atom. The van der Waals surface area contributed by atoms with E-state index in [1.54, 1.807) is 12.5 Å². The Hall–Kier alpha value is -2.71. The molecular weight excluding hydrogens is 346 g/mol. The standard InChI is InChI=1S/C18H29N7O2/c1-14(2)10-24(11-15(3)4)18-16(25(26)27)17(21-12-22-18)20-6-5-8-23-9-7-19-13-23/h7,9,12-15H,5-6,8,10-11H2,1-4H3,(H,20,21,22). The smallest absolute Gasteiger partial charge is 0.353 e. The molecule has 27 heavy (non-hydrogen) atoms. The van der Waals surface area contributed by atoms with E-state index in [-0.39, 0.29) is 16.4 Å². The maximum absolute atomic E-state index is 11.8. The number of nitro groups is 1. The van der Waals surface area contributed by atoms with E-state index in [4.69, 9.17) is 0 Å². The van der Waals surface area contributed by atoms with Gasteiger partial charge in [-0.25, -0.2) is 15.0 Å². The number of nitrogens with zero attached hydrogens (tertiary/aromatic N) is 6. The maximum Gasteiger partial charge on any atom is 0.353 e. The lowest BCUT2D eigenvalue weighted by Gasteiger charge is -2.27. The summed E-state index contributed by atoms with van der Waals surface area (Å²) in [5, 5.41) is 14.9. The van der Waals surface area contributed by atoms with E-state index in [0.717, 1.165) is 13.0 Å². The fraction of sp³-hybridized carbons (Fsp3) is 0.611. The summed E-state index contributed by atoms with van der Waals surface area (Å²) in [6.45, 7) is 11.1. The van der Waals surface area contributed by atoms with Gasteiger partial charge in [-0.1, -0.05) is 27.7 Å². The Labute approximate surface area is 160 Å². The minimum absolute atomic E-state index is 0.0542. The van der Waals surface area contributed by atoms with Gasteiger partial charge < -0.3 is 14.8 Å². The van der Waals surface area contributed by atoms with Crippen molar-refractivity contribution in [1.82, 2.24) is 19.5 Å². The van der Waals surface area contributed by atoms with Crippen molar-refractivity contribution in [3.63, 3.8) is 0 Å². The van der Waals surface area contributed by atoms with E-state index in [9.17, 15) is 10.1 Å². The first-order valence-corrected chi connectivity index (χ1v) is 9.32. The van der Waals surface area contributed by atoms with Gasteiger partial charge in [0.2, 0.25) is 11.6 Å². The van der Waals surface area contributed by atoms with Crippen LogP contribution in [0.2, 0.25) is 0 Å². The van der Waals surface area contributed by atoms with Crippen molar-refractivity contribution in [1.29, 1.82) is 0 Å². The Balaban J connectivity index is 2.16. The molecule has 0 saturated carbocycles. The molecule has 0 atom stereocenters. The maximum atomic E-state index is 11.8. The van der Waals surface area contributed by atoms with Gasteiger partial charge in [-0.3, -0.25) is 10.1 Å². The minimum Gasteiger partial charge on any atom is -0.364 e. The molecule has 9 nitrogen and oxygen atoms in total. The molecule has 0 amide bonds. The van der Waals surface area contributed by atoms with Crippen LogP contribution in [0.1, 0.15) is 34.1 Å². The summed E-state index contributed by atoms with van der Waals surface area (Å²) in [6.07, 6.45) is 7.57. The van der Waals surface area contributed by atoms with Crippen molar-refractivity contribution in [2.45, 2.75) is 40.7 Å². The van der Waals surface area contributed by atoms with Gasteiger partial charge >= 0.3 is 5.69 Å². The lowest BCUT2D eigenvalue weighted by molar-refractivity contribution is -0.383. The summed E-state index contributed by atoms with van der Waals surface area (Å²) in [5.41, 5.74) is -0.0542. The second-order valence-corrected chi connectivity index (χ2v) is 7.43. The van der Waals surface area contributed by atoms with Gasteiger partial charge in [0.25, 0.3) is 0 Å². The molecule has 2 aromatic heterocycles. The molecular formula is C18H29N7O2. The zero-order chi connectivity index (χ0) is 19.8. The van der Waals surface area contributed by atoms with Crippen LogP contribution in [0.25, 0.3) is 0 Å². The van der Waals surface area contributed by atoms with Crippen molar-refractivity contribution in [3.8, 4) is 0 Å². The van der Waals surface area contributed by atoms with Crippen LogP contribution in [0.3, 0.4) is 0 Å². The molecule has 0 aliphatic carbocycles. The molecule has 9 heteroatoms. The number of aromatic nitrogens is 4. The predicted molar refractivity (Wildman–Crippen MR) is 106 cm³/mol. The largest absolute Gasteiger partial charge is 0.364 e. The summed E-state index contributed by atoms with van der Waals surface area (Å²) in [4.78, 5) is 25.8. The third-order valence-corrected chi connectivity index (χ3v) is 3.90. The molecule has 2 aromatic rings. The van der Waals surface area contributed by atoms with Crippen LogP contribution >= 0.6 is 0 Å². The third kappa shape index (κ3) is 6.19. The molecule has 0 aliphatic heterocycles. The van der Waals surface area contributed by atoms with Gasteiger partial charge in [0, 0.05) is 38.6 Å². The highest BCUT2D eigenvalue weighted by Gasteiger charge is 2.27. The van der Waals surface area contributed by atoms with Gasteiger partial charge in [-0.15, -0.1) is 0 Å². The number of nitrogens with one attached hydrogen (secondary N) is 1. The van der Waals surface area contributed by atoms with E-state index in [1.807, 2.05) is 15.7 Å². The first-order chi connectivity index (χ1) is 12.9. The van der Waals surface area contributed by atoms with Gasteiger partial charge in [0.05, 0.1) is 11.3 Å². The molecule has 0 aliphatic rings. The van der Waals surface area contributed by atoms with E-state index < -0.39 is 0 Å². The van der Waals surface area contributed by atoms with Gasteiger partial charge in [-0.2, -0.15) is 0 Å². The van der Waals surface area contributed by atoms with Crippen LogP contribution in [0.5, 0.6) is 0 Å². The summed E-state index contributed by atoms with van der Waals surface area (Å²) in [5.74, 6) is 1.39. The second-order valence-electron chi connectivity index (χ2n) is 7.43. The number of hydrogen-bond donors (Lipinski definition) is 1. The molecule has 2 rings (SSSR count). The number of anilines is 2. The monoisotopic (exact) mass is 375 g/mol. The quantitative estimate of drug-likeness (QED) is 0.365. The van der Waals surface area contributed by atoms with Crippen LogP contribution in [-0.4, -0.2) is 44.1 Å². The Bertz CT molecular complexity index is 707. The lowest BCUT2D eigenvalue weighted by Crippen LogP contribution is -2.33. The van der Waals surface area contributed by atoms with Crippen molar-refractivity contribution in [2.24, 2.45) is 11.8 Å². The summed E-state index contributed by atoms with van der Waals surface area (Å²) >= 11 is 0. The molecule has 0 bridgehead atoms. The van der Waals surface area contributed by atoms with Crippen LogP contribution < -0.4 is 10.2 Å². The zero-order valence-electron chi connectivity index (χ0n) is 16.5. The molecule has 0 unspecified atom stereocenters. The number of hydrogen-bond acceptors (Lipinski definition) is 7. The fourth-order valence-corrected chi connectivity index (χ4v) is 2.91. The highest BCUT2D eigenvalue weighted by Crippen LogP contribution is 2.32. The average Bonchev–Trinajstić information content (AvgIpc) is 3.10. The molecule has 0 fully saturated rings. The molecule has 148 valence electrons. The van der Waals surface area contributed by atoms with Crippen LogP contribution in [0.4, 0.5) is 17.3 Å². The molecule has 0 saturated heterocycles. The van der Waals surface area contributed by atoms with Crippen LogP contribution in [-0.2, 0) is 6.54 Å². The van der Waals surface area contributed by atoms with E-state index in [1.165, 1.54) is 6.33 Å². The molecule has 0 radical (unpaired) electrons.